The van der Waals surface area contributed by atoms with Crippen LogP contribution in [0.4, 0.5) is 19.0 Å². The van der Waals surface area contributed by atoms with E-state index in [2.05, 4.69) is 4.98 Å². The predicted octanol–water partition coefficient (Wildman–Crippen LogP) is 3.14. The van der Waals surface area contributed by atoms with Gasteiger partial charge in [-0.25, -0.2) is 4.98 Å². The van der Waals surface area contributed by atoms with Crippen molar-refractivity contribution >= 4 is 5.82 Å². The summed E-state index contributed by atoms with van der Waals surface area (Å²) in [6, 6.07) is 3.50. The Bertz CT molecular complexity index is 390. The lowest BCUT2D eigenvalue weighted by molar-refractivity contribution is -0.119. The minimum absolute atomic E-state index is 0.0598. The van der Waals surface area contributed by atoms with Gasteiger partial charge in [0.2, 0.25) is 0 Å². The normalized spacial score (nSPS) is 13.3. The van der Waals surface area contributed by atoms with Gasteiger partial charge in [0.25, 0.3) is 0 Å². The van der Waals surface area contributed by atoms with Crippen LogP contribution in [-0.2, 0) is 6.42 Å². The second-order valence-corrected chi connectivity index (χ2v) is 4.93. The zero-order chi connectivity index (χ0) is 15.2. The fourth-order valence-corrected chi connectivity index (χ4v) is 1.93. The van der Waals surface area contributed by atoms with Crippen LogP contribution in [0.1, 0.15) is 32.3 Å². The molecule has 1 atom stereocenters. The Hall–Kier alpha value is -1.30. The van der Waals surface area contributed by atoms with Crippen LogP contribution in [0.2, 0.25) is 0 Å². The summed E-state index contributed by atoms with van der Waals surface area (Å²) >= 11 is 0. The van der Waals surface area contributed by atoms with Crippen molar-refractivity contribution < 1.29 is 13.2 Å². The summed E-state index contributed by atoms with van der Waals surface area (Å²) in [6.07, 6.45) is -0.418. The monoisotopic (exact) mass is 289 g/mol. The van der Waals surface area contributed by atoms with Crippen molar-refractivity contribution in [3.8, 4) is 0 Å². The molecular formula is C14H22F3N3. The van der Waals surface area contributed by atoms with Gasteiger partial charge in [-0.15, -0.1) is 0 Å². The maximum absolute atomic E-state index is 12.5. The van der Waals surface area contributed by atoms with Gasteiger partial charge in [-0.3, -0.25) is 0 Å². The first kappa shape index (κ1) is 16.8. The molecule has 1 rings (SSSR count). The number of aromatic nitrogens is 1. The fraction of sp³-hybridized carbons (Fsp3) is 0.643. The van der Waals surface area contributed by atoms with Crippen molar-refractivity contribution in [3.05, 3.63) is 23.9 Å². The van der Waals surface area contributed by atoms with E-state index in [-0.39, 0.29) is 6.04 Å². The maximum atomic E-state index is 12.5. The zero-order valence-electron chi connectivity index (χ0n) is 12.0. The molecule has 0 aliphatic rings. The second-order valence-electron chi connectivity index (χ2n) is 4.93. The molecule has 0 spiro atoms. The Morgan fingerprint density at radius 3 is 2.45 bits per heavy atom. The molecule has 2 N–H and O–H groups in total. The highest BCUT2D eigenvalue weighted by molar-refractivity contribution is 5.39. The molecule has 1 heterocycles. The Kier molecular flexibility index (Phi) is 6.26. The van der Waals surface area contributed by atoms with Crippen molar-refractivity contribution in [2.45, 2.75) is 45.3 Å². The van der Waals surface area contributed by atoms with Crippen molar-refractivity contribution in [2.75, 3.05) is 18.0 Å². The third kappa shape index (κ3) is 5.77. The number of nitrogens with two attached hydrogens (primary N) is 1. The van der Waals surface area contributed by atoms with Crippen LogP contribution in [-0.4, -0.2) is 30.3 Å². The lowest BCUT2D eigenvalue weighted by Gasteiger charge is -2.24. The number of anilines is 1. The van der Waals surface area contributed by atoms with Crippen LogP contribution in [0, 0.1) is 0 Å². The number of nitrogens with zero attached hydrogens (tertiary/aromatic N) is 2. The molecule has 0 aliphatic heterocycles. The van der Waals surface area contributed by atoms with Crippen LogP contribution in [0.5, 0.6) is 0 Å². The first-order valence-electron chi connectivity index (χ1n) is 6.88. The molecule has 20 heavy (non-hydrogen) atoms. The lowest BCUT2D eigenvalue weighted by Crippen LogP contribution is -2.35. The Balaban J connectivity index is 2.77. The molecular weight excluding hydrogens is 267 g/mol. The zero-order valence-corrected chi connectivity index (χ0v) is 12.0. The summed E-state index contributed by atoms with van der Waals surface area (Å²) in [6.45, 7) is 3.21. The molecule has 0 bridgehead atoms. The van der Waals surface area contributed by atoms with Crippen LogP contribution in [0.3, 0.4) is 0 Å². The Morgan fingerprint density at radius 2 is 2.00 bits per heavy atom. The van der Waals surface area contributed by atoms with Crippen LogP contribution in [0.15, 0.2) is 18.3 Å². The molecule has 0 fully saturated rings. The molecule has 0 amide bonds. The standard InChI is InChI=1S/C14H22F3N3/c1-3-7-20(10-14(15,16)17)13-6-5-11(9-19-13)8-12(18)4-2/h5-6,9,12H,3-4,7-8,10,18H2,1-2H3. The van der Waals surface area contributed by atoms with Gasteiger partial charge in [0.15, 0.2) is 0 Å². The summed E-state index contributed by atoms with van der Waals surface area (Å²) in [7, 11) is 0. The summed E-state index contributed by atoms with van der Waals surface area (Å²) < 4.78 is 37.6. The number of hydrogen-bond donors (Lipinski definition) is 1. The van der Waals surface area contributed by atoms with Gasteiger partial charge < -0.3 is 10.6 Å². The molecule has 1 aromatic heterocycles. The highest BCUT2D eigenvalue weighted by Crippen LogP contribution is 2.21. The fourth-order valence-electron chi connectivity index (χ4n) is 1.93. The van der Waals surface area contributed by atoms with Gasteiger partial charge in [-0.05, 0) is 30.9 Å². The largest absolute Gasteiger partial charge is 0.405 e. The number of hydrogen-bond acceptors (Lipinski definition) is 3. The highest BCUT2D eigenvalue weighted by atomic mass is 19.4. The van der Waals surface area contributed by atoms with Crippen molar-refractivity contribution in [1.82, 2.24) is 4.98 Å². The van der Waals surface area contributed by atoms with E-state index in [1.807, 2.05) is 13.8 Å². The molecule has 114 valence electrons. The van der Waals surface area contributed by atoms with Crippen LogP contribution >= 0.6 is 0 Å². The quantitative estimate of drug-likeness (QED) is 0.838. The molecule has 0 radical (unpaired) electrons. The minimum atomic E-state index is -4.22. The Labute approximate surface area is 118 Å². The molecule has 0 saturated heterocycles. The molecule has 1 unspecified atom stereocenters. The molecule has 1 aromatic rings. The van der Waals surface area contributed by atoms with E-state index >= 15 is 0 Å². The minimum Gasteiger partial charge on any atom is -0.348 e. The lowest BCUT2D eigenvalue weighted by atomic mass is 10.1. The smallest absolute Gasteiger partial charge is 0.348 e. The van der Waals surface area contributed by atoms with E-state index in [0.29, 0.717) is 25.2 Å². The van der Waals surface area contributed by atoms with Crippen LogP contribution in [0.25, 0.3) is 0 Å². The maximum Gasteiger partial charge on any atom is 0.405 e. The van der Waals surface area contributed by atoms with E-state index < -0.39 is 12.7 Å². The van der Waals surface area contributed by atoms with Crippen molar-refractivity contribution in [1.29, 1.82) is 0 Å². The Morgan fingerprint density at radius 1 is 1.30 bits per heavy atom. The molecule has 6 heteroatoms. The summed E-state index contributed by atoms with van der Waals surface area (Å²) in [5.41, 5.74) is 6.80. The SMILES string of the molecule is CCCN(CC(F)(F)F)c1ccc(CC(N)CC)cn1. The summed E-state index contributed by atoms with van der Waals surface area (Å²) in [5, 5.41) is 0. The van der Waals surface area contributed by atoms with E-state index in [9.17, 15) is 13.2 Å². The van der Waals surface area contributed by atoms with Gasteiger partial charge >= 0.3 is 6.18 Å². The highest BCUT2D eigenvalue weighted by Gasteiger charge is 2.31. The molecule has 3 nitrogen and oxygen atoms in total. The number of rotatable bonds is 7. The number of pyridine rings is 1. The van der Waals surface area contributed by atoms with Gasteiger partial charge in [-0.2, -0.15) is 13.2 Å². The average molecular weight is 289 g/mol. The van der Waals surface area contributed by atoms with Gasteiger partial charge in [-0.1, -0.05) is 19.9 Å². The van der Waals surface area contributed by atoms with E-state index in [4.69, 9.17) is 5.73 Å². The average Bonchev–Trinajstić information content (AvgIpc) is 2.37. The molecule has 0 aliphatic carbocycles. The second kappa shape index (κ2) is 7.47. The first-order valence-corrected chi connectivity index (χ1v) is 6.88. The molecule has 0 aromatic carbocycles. The predicted molar refractivity (Wildman–Crippen MR) is 74.8 cm³/mol. The van der Waals surface area contributed by atoms with Gasteiger partial charge in [0.05, 0.1) is 0 Å². The van der Waals surface area contributed by atoms with Crippen molar-refractivity contribution in [2.24, 2.45) is 5.73 Å². The third-order valence-electron chi connectivity index (χ3n) is 3.02. The van der Waals surface area contributed by atoms with Gasteiger partial charge in [0, 0.05) is 18.8 Å². The topological polar surface area (TPSA) is 42.1 Å². The first-order chi connectivity index (χ1) is 9.35. The summed E-state index contributed by atoms with van der Waals surface area (Å²) in [4.78, 5) is 5.39. The van der Waals surface area contributed by atoms with Crippen LogP contribution < -0.4 is 10.6 Å². The number of halogens is 3. The number of alkyl halides is 3. The molecule has 0 saturated carbocycles. The van der Waals surface area contributed by atoms with E-state index in [1.54, 1.807) is 18.3 Å². The van der Waals surface area contributed by atoms with E-state index in [0.717, 1.165) is 12.0 Å². The van der Waals surface area contributed by atoms with Crippen molar-refractivity contribution in [3.63, 3.8) is 0 Å². The third-order valence-corrected chi connectivity index (χ3v) is 3.02. The van der Waals surface area contributed by atoms with E-state index in [1.165, 1.54) is 4.90 Å². The van der Waals surface area contributed by atoms with Gasteiger partial charge in [0.1, 0.15) is 12.4 Å². The summed E-state index contributed by atoms with van der Waals surface area (Å²) in [5.74, 6) is 0.359.